The van der Waals surface area contributed by atoms with Crippen molar-refractivity contribution in [3.8, 4) is 5.75 Å². The van der Waals surface area contributed by atoms with E-state index in [0.29, 0.717) is 18.1 Å². The van der Waals surface area contributed by atoms with Crippen LogP contribution in [0.25, 0.3) is 0 Å². The molecular formula is C14H19NO3. The van der Waals surface area contributed by atoms with E-state index in [9.17, 15) is 4.79 Å². The summed E-state index contributed by atoms with van der Waals surface area (Å²) in [6, 6.07) is 7.10. The molecule has 18 heavy (non-hydrogen) atoms. The van der Waals surface area contributed by atoms with Gasteiger partial charge in [0.25, 0.3) is 0 Å². The zero-order valence-electron chi connectivity index (χ0n) is 10.6. The smallest absolute Gasteiger partial charge is 0.338 e. The molecule has 4 nitrogen and oxygen atoms in total. The van der Waals surface area contributed by atoms with Crippen LogP contribution in [0.2, 0.25) is 0 Å². The molecule has 0 radical (unpaired) electrons. The van der Waals surface area contributed by atoms with E-state index in [1.54, 1.807) is 19.1 Å². The van der Waals surface area contributed by atoms with E-state index in [1.807, 2.05) is 12.1 Å². The van der Waals surface area contributed by atoms with Crippen molar-refractivity contribution in [1.29, 1.82) is 0 Å². The van der Waals surface area contributed by atoms with E-state index in [4.69, 9.17) is 9.47 Å². The number of nitrogens with one attached hydrogen (secondary N) is 1. The fourth-order valence-electron chi connectivity index (χ4n) is 1.97. The first-order valence-electron chi connectivity index (χ1n) is 6.40. The Morgan fingerprint density at radius 1 is 1.39 bits per heavy atom. The highest BCUT2D eigenvalue weighted by atomic mass is 16.5. The highest BCUT2D eigenvalue weighted by Gasteiger charge is 2.15. The normalized spacial score (nSPS) is 18.6. The quantitative estimate of drug-likeness (QED) is 0.809. The minimum atomic E-state index is -0.288. The fourth-order valence-corrected chi connectivity index (χ4v) is 1.97. The molecular weight excluding hydrogens is 230 g/mol. The van der Waals surface area contributed by atoms with E-state index in [2.05, 4.69) is 5.32 Å². The average Bonchev–Trinajstić information content (AvgIpc) is 2.90. The highest BCUT2D eigenvalue weighted by molar-refractivity contribution is 5.89. The van der Waals surface area contributed by atoms with Crippen LogP contribution in [0.4, 0.5) is 0 Å². The lowest BCUT2D eigenvalue weighted by atomic mass is 10.1. The van der Waals surface area contributed by atoms with Crippen molar-refractivity contribution >= 4 is 5.97 Å². The van der Waals surface area contributed by atoms with E-state index in [0.717, 1.165) is 25.4 Å². The maximum absolute atomic E-state index is 11.5. The van der Waals surface area contributed by atoms with Gasteiger partial charge in [-0.2, -0.15) is 0 Å². The van der Waals surface area contributed by atoms with Crippen LogP contribution in [0, 0.1) is 5.92 Å². The Balaban J connectivity index is 1.85. The Hall–Kier alpha value is -1.55. The molecule has 0 unspecified atom stereocenters. The molecule has 1 aliphatic heterocycles. The summed E-state index contributed by atoms with van der Waals surface area (Å²) in [6.45, 7) is 5.03. The van der Waals surface area contributed by atoms with Crippen LogP contribution in [-0.2, 0) is 4.74 Å². The molecule has 2 rings (SSSR count). The van der Waals surface area contributed by atoms with Crippen molar-refractivity contribution in [3.05, 3.63) is 29.8 Å². The third-order valence-corrected chi connectivity index (χ3v) is 3.01. The molecule has 1 atom stereocenters. The summed E-state index contributed by atoms with van der Waals surface area (Å²) >= 11 is 0. The van der Waals surface area contributed by atoms with Crippen molar-refractivity contribution in [1.82, 2.24) is 5.32 Å². The van der Waals surface area contributed by atoms with Crippen molar-refractivity contribution in [3.63, 3.8) is 0 Å². The van der Waals surface area contributed by atoms with Gasteiger partial charge in [0.15, 0.2) is 0 Å². The minimum absolute atomic E-state index is 0.288. The lowest BCUT2D eigenvalue weighted by Crippen LogP contribution is -2.15. The second kappa shape index (κ2) is 6.40. The molecule has 0 bridgehead atoms. The molecule has 1 N–H and O–H groups in total. The third-order valence-electron chi connectivity index (χ3n) is 3.01. The predicted molar refractivity (Wildman–Crippen MR) is 68.9 cm³/mol. The molecule has 0 spiro atoms. The molecule has 1 fully saturated rings. The lowest BCUT2D eigenvalue weighted by Gasteiger charge is -2.11. The Labute approximate surface area is 107 Å². The molecule has 1 heterocycles. The number of ether oxygens (including phenoxy) is 2. The fraction of sp³-hybridized carbons (Fsp3) is 0.500. The molecule has 1 aliphatic rings. The van der Waals surface area contributed by atoms with Gasteiger partial charge in [0.05, 0.1) is 18.8 Å². The average molecular weight is 249 g/mol. The summed E-state index contributed by atoms with van der Waals surface area (Å²) in [5.41, 5.74) is 0.562. The van der Waals surface area contributed by atoms with Crippen LogP contribution < -0.4 is 10.1 Å². The first-order valence-corrected chi connectivity index (χ1v) is 6.40. The highest BCUT2D eigenvalue weighted by Crippen LogP contribution is 2.15. The Morgan fingerprint density at radius 3 is 2.78 bits per heavy atom. The van der Waals surface area contributed by atoms with Gasteiger partial charge >= 0.3 is 5.97 Å². The summed E-state index contributed by atoms with van der Waals surface area (Å²) < 4.78 is 10.6. The Bertz CT molecular complexity index is 383. The van der Waals surface area contributed by atoms with Gasteiger partial charge < -0.3 is 14.8 Å². The lowest BCUT2D eigenvalue weighted by molar-refractivity contribution is 0.0526. The number of esters is 1. The molecule has 0 aliphatic carbocycles. The SMILES string of the molecule is CCOC(=O)c1ccc(OC[C@@H]2CCNC2)cc1. The first-order chi connectivity index (χ1) is 8.79. The molecule has 98 valence electrons. The van der Waals surface area contributed by atoms with Gasteiger partial charge in [0.2, 0.25) is 0 Å². The Morgan fingerprint density at radius 2 is 2.17 bits per heavy atom. The maximum atomic E-state index is 11.5. The second-order valence-corrected chi connectivity index (χ2v) is 4.41. The zero-order valence-corrected chi connectivity index (χ0v) is 10.6. The van der Waals surface area contributed by atoms with E-state index in [1.165, 1.54) is 6.42 Å². The predicted octanol–water partition coefficient (Wildman–Crippen LogP) is 1.85. The number of carbonyl (C=O) groups excluding carboxylic acids is 1. The van der Waals surface area contributed by atoms with Crippen molar-refractivity contribution in [2.24, 2.45) is 5.92 Å². The third kappa shape index (κ3) is 3.47. The molecule has 4 heteroatoms. The monoisotopic (exact) mass is 249 g/mol. The number of hydrogen-bond acceptors (Lipinski definition) is 4. The number of carbonyl (C=O) groups is 1. The molecule has 1 aromatic carbocycles. The molecule has 0 saturated carbocycles. The number of hydrogen-bond donors (Lipinski definition) is 1. The Kier molecular flexibility index (Phi) is 4.59. The van der Waals surface area contributed by atoms with Gasteiger partial charge in [-0.05, 0) is 44.2 Å². The second-order valence-electron chi connectivity index (χ2n) is 4.41. The molecule has 0 amide bonds. The molecule has 1 saturated heterocycles. The van der Waals surface area contributed by atoms with Crippen LogP contribution in [0.5, 0.6) is 5.75 Å². The van der Waals surface area contributed by atoms with E-state index >= 15 is 0 Å². The van der Waals surface area contributed by atoms with Crippen LogP contribution in [-0.4, -0.2) is 32.3 Å². The summed E-state index contributed by atoms with van der Waals surface area (Å²) in [7, 11) is 0. The van der Waals surface area contributed by atoms with Crippen molar-refractivity contribution in [2.45, 2.75) is 13.3 Å². The molecule has 1 aromatic rings. The topological polar surface area (TPSA) is 47.6 Å². The largest absolute Gasteiger partial charge is 0.493 e. The van der Waals surface area contributed by atoms with Gasteiger partial charge in [-0.25, -0.2) is 4.79 Å². The van der Waals surface area contributed by atoms with Crippen molar-refractivity contribution < 1.29 is 14.3 Å². The van der Waals surface area contributed by atoms with Crippen LogP contribution in [0.15, 0.2) is 24.3 Å². The number of benzene rings is 1. The summed E-state index contributed by atoms with van der Waals surface area (Å²) in [4.78, 5) is 11.5. The summed E-state index contributed by atoms with van der Waals surface area (Å²) in [5, 5.41) is 3.31. The van der Waals surface area contributed by atoms with Crippen molar-refractivity contribution in [2.75, 3.05) is 26.3 Å². The van der Waals surface area contributed by atoms with Gasteiger partial charge in [0, 0.05) is 12.5 Å². The first kappa shape index (κ1) is 12.9. The van der Waals surface area contributed by atoms with Crippen LogP contribution in [0.3, 0.4) is 0 Å². The molecule has 0 aromatic heterocycles. The van der Waals surface area contributed by atoms with Gasteiger partial charge in [-0.3, -0.25) is 0 Å². The van der Waals surface area contributed by atoms with Crippen LogP contribution in [0.1, 0.15) is 23.7 Å². The number of rotatable bonds is 5. The van der Waals surface area contributed by atoms with Gasteiger partial charge in [-0.1, -0.05) is 0 Å². The maximum Gasteiger partial charge on any atom is 0.338 e. The van der Waals surface area contributed by atoms with Gasteiger partial charge in [-0.15, -0.1) is 0 Å². The van der Waals surface area contributed by atoms with Gasteiger partial charge in [0.1, 0.15) is 5.75 Å². The minimum Gasteiger partial charge on any atom is -0.493 e. The van der Waals surface area contributed by atoms with Crippen LogP contribution >= 0.6 is 0 Å². The zero-order chi connectivity index (χ0) is 12.8. The van der Waals surface area contributed by atoms with E-state index < -0.39 is 0 Å². The summed E-state index contributed by atoms with van der Waals surface area (Å²) in [5.74, 6) is 1.11. The summed E-state index contributed by atoms with van der Waals surface area (Å²) in [6.07, 6.45) is 1.17. The standard InChI is InChI=1S/C14H19NO3/c1-2-17-14(16)12-3-5-13(6-4-12)18-10-11-7-8-15-9-11/h3-6,11,15H,2,7-10H2,1H3/t11-/m1/s1. The van der Waals surface area contributed by atoms with E-state index in [-0.39, 0.29) is 5.97 Å².